The van der Waals surface area contributed by atoms with Crippen LogP contribution in [0.3, 0.4) is 0 Å². The van der Waals surface area contributed by atoms with Crippen LogP contribution in [-0.2, 0) is 27.4 Å². The summed E-state index contributed by atoms with van der Waals surface area (Å²) in [5, 5.41) is 15.9. The van der Waals surface area contributed by atoms with Crippen LogP contribution in [0.1, 0.15) is 45.6 Å². The Hall–Kier alpha value is -4.22. The highest BCUT2D eigenvalue weighted by atomic mass is 16.5. The van der Waals surface area contributed by atoms with Crippen molar-refractivity contribution in [2.75, 3.05) is 27.4 Å². The van der Waals surface area contributed by atoms with Crippen LogP contribution in [-0.4, -0.2) is 66.8 Å². The van der Waals surface area contributed by atoms with Gasteiger partial charge in [-0.2, -0.15) is 10.2 Å². The van der Waals surface area contributed by atoms with E-state index in [1.165, 1.54) is 6.20 Å². The Bertz CT molecular complexity index is 1390. The number of nitrogens with zero attached hydrogens (tertiary/aromatic N) is 5. The Kier molecular flexibility index (Phi) is 7.66. The van der Waals surface area contributed by atoms with Crippen LogP contribution in [0.15, 0.2) is 68.4 Å². The lowest BCUT2D eigenvalue weighted by Crippen LogP contribution is -2.35. The van der Waals surface area contributed by atoms with Crippen molar-refractivity contribution >= 4 is 23.2 Å². The van der Waals surface area contributed by atoms with Crippen molar-refractivity contribution < 1.29 is 23.5 Å². The molecule has 1 aromatic carbocycles. The number of methoxy groups -OCH3 is 2. The van der Waals surface area contributed by atoms with Gasteiger partial charge in [-0.3, -0.25) is 14.8 Å². The highest BCUT2D eigenvalue weighted by Crippen LogP contribution is 2.28. The summed E-state index contributed by atoms with van der Waals surface area (Å²) in [4.78, 5) is 21.6. The minimum atomic E-state index is -0.206. The van der Waals surface area contributed by atoms with Gasteiger partial charge in [0.1, 0.15) is 24.6 Å². The summed E-state index contributed by atoms with van der Waals surface area (Å²) >= 11 is 0. The van der Waals surface area contributed by atoms with Crippen molar-refractivity contribution in [1.29, 1.82) is 0 Å². The highest BCUT2D eigenvalue weighted by molar-refractivity contribution is 6.25. The topological polar surface area (TPSA) is 133 Å². The molecule has 1 N–H and O–H groups in total. The molecule has 0 saturated carbocycles. The fraction of sp³-hybridized carbons (Fsp3) is 0.333. The number of aromatic nitrogens is 2. The maximum Gasteiger partial charge on any atom is 0.253 e. The predicted octanol–water partition coefficient (Wildman–Crippen LogP) is 2.78. The number of carbonyl (C=O) groups excluding carboxylic acids is 1. The average Bonchev–Trinajstić information content (AvgIpc) is 3.53. The molecule has 38 heavy (non-hydrogen) atoms. The first kappa shape index (κ1) is 25.4. The second-order valence-electron chi connectivity index (χ2n) is 8.98. The van der Waals surface area contributed by atoms with E-state index < -0.39 is 0 Å². The van der Waals surface area contributed by atoms with E-state index in [1.54, 1.807) is 26.4 Å². The molecule has 2 atom stereocenters. The van der Waals surface area contributed by atoms with Crippen molar-refractivity contribution in [3.63, 3.8) is 0 Å². The van der Waals surface area contributed by atoms with Crippen LogP contribution in [0.5, 0.6) is 0 Å². The van der Waals surface area contributed by atoms with E-state index in [1.807, 2.05) is 37.3 Å². The number of amides is 1. The Labute approximate surface area is 219 Å². The number of fused-ring (bicyclic) bond motifs is 3. The Morgan fingerprint density at radius 3 is 2.66 bits per heavy atom. The third-order valence-corrected chi connectivity index (χ3v) is 6.12. The first-order valence-electron chi connectivity index (χ1n) is 12.2. The second kappa shape index (κ2) is 11.4. The zero-order valence-corrected chi connectivity index (χ0v) is 21.4. The van der Waals surface area contributed by atoms with E-state index in [4.69, 9.17) is 23.7 Å². The van der Waals surface area contributed by atoms with Gasteiger partial charge in [0.25, 0.3) is 5.91 Å². The van der Waals surface area contributed by atoms with Gasteiger partial charge in [0.2, 0.25) is 5.90 Å². The van der Waals surface area contributed by atoms with E-state index in [2.05, 4.69) is 25.7 Å². The van der Waals surface area contributed by atoms with Gasteiger partial charge < -0.3 is 24.1 Å². The molecule has 3 aromatic rings. The van der Waals surface area contributed by atoms with Gasteiger partial charge >= 0.3 is 0 Å². The maximum absolute atomic E-state index is 12.4. The maximum atomic E-state index is 12.4. The number of carbonyl (C=O) groups is 1. The van der Waals surface area contributed by atoms with E-state index in [0.717, 1.165) is 16.8 Å². The molecule has 11 heteroatoms. The number of ether oxygens (including phenoxy) is 3. The van der Waals surface area contributed by atoms with Gasteiger partial charge in [-0.15, -0.1) is 0 Å². The summed E-state index contributed by atoms with van der Waals surface area (Å²) in [7, 11) is 3.19. The fourth-order valence-corrected chi connectivity index (χ4v) is 4.33. The van der Waals surface area contributed by atoms with E-state index in [9.17, 15) is 4.79 Å². The predicted molar refractivity (Wildman–Crippen MR) is 139 cm³/mol. The molecule has 0 spiro atoms. The zero-order valence-electron chi connectivity index (χ0n) is 21.4. The van der Waals surface area contributed by atoms with Crippen molar-refractivity contribution in [3.05, 3.63) is 82.5 Å². The lowest BCUT2D eigenvalue weighted by Gasteiger charge is -2.13. The van der Waals surface area contributed by atoms with Crippen LogP contribution >= 0.6 is 0 Å². The van der Waals surface area contributed by atoms with Crippen LogP contribution < -0.4 is 5.32 Å². The lowest BCUT2D eigenvalue weighted by atomic mass is 9.90. The molecule has 0 saturated heterocycles. The Morgan fingerprint density at radius 2 is 1.89 bits per heavy atom. The van der Waals surface area contributed by atoms with Crippen molar-refractivity contribution in [2.45, 2.75) is 26.2 Å². The number of aliphatic imine (C=N–C) groups is 1. The Morgan fingerprint density at radius 1 is 1.08 bits per heavy atom. The standard InChI is InChI=1S/C27H28N6O5/c1-16(13-35-2)30-26(34)17-8-9-18(28-11-17)14-37-27-21-7-5-4-6-20(21)24-22(12-29-27)25(32-31-24)23-10-19(15-36-3)38-33-23/h4-11,16,22H,12-15H2,1-3H3,(H,30,34)/t16-,22?/m1/s1. The largest absolute Gasteiger partial charge is 0.471 e. The minimum absolute atomic E-state index is 0.102. The molecule has 0 radical (unpaired) electrons. The summed E-state index contributed by atoms with van der Waals surface area (Å²) in [5.41, 5.74) is 4.98. The first-order valence-corrected chi connectivity index (χ1v) is 12.2. The third-order valence-electron chi connectivity index (χ3n) is 6.12. The summed E-state index contributed by atoms with van der Waals surface area (Å²) < 4.78 is 21.7. The molecule has 196 valence electrons. The molecule has 1 unspecified atom stereocenters. The number of benzene rings is 1. The summed E-state index contributed by atoms with van der Waals surface area (Å²) in [6.45, 7) is 3.21. The zero-order chi connectivity index (χ0) is 26.5. The van der Waals surface area contributed by atoms with Crippen LogP contribution in [0.4, 0.5) is 0 Å². The van der Waals surface area contributed by atoms with Gasteiger partial charge in [0.15, 0.2) is 5.76 Å². The summed E-state index contributed by atoms with van der Waals surface area (Å²) in [6, 6.07) is 13.0. The van der Waals surface area contributed by atoms with Crippen molar-refractivity contribution in [1.82, 2.24) is 15.5 Å². The first-order chi connectivity index (χ1) is 18.6. The van der Waals surface area contributed by atoms with Crippen LogP contribution in [0.25, 0.3) is 0 Å². The molecule has 0 aliphatic carbocycles. The number of rotatable bonds is 9. The van der Waals surface area contributed by atoms with Gasteiger partial charge in [-0.1, -0.05) is 23.4 Å². The van der Waals surface area contributed by atoms with Gasteiger partial charge in [0, 0.05) is 43.7 Å². The normalized spacial score (nSPS) is 16.9. The number of nitrogens with one attached hydrogen (secondary N) is 1. The van der Waals surface area contributed by atoms with Crippen LogP contribution in [0.2, 0.25) is 0 Å². The second-order valence-corrected chi connectivity index (χ2v) is 8.98. The molecule has 0 fully saturated rings. The molecule has 2 aromatic heterocycles. The molecule has 11 nitrogen and oxygen atoms in total. The van der Waals surface area contributed by atoms with Gasteiger partial charge in [0.05, 0.1) is 36.0 Å². The van der Waals surface area contributed by atoms with E-state index >= 15 is 0 Å². The van der Waals surface area contributed by atoms with E-state index in [0.29, 0.717) is 54.1 Å². The fourth-order valence-electron chi connectivity index (χ4n) is 4.33. The molecular formula is C27H28N6O5. The molecule has 4 heterocycles. The number of hydrogen-bond acceptors (Lipinski definition) is 10. The summed E-state index contributed by atoms with van der Waals surface area (Å²) in [5.74, 6) is 0.715. The Balaban J connectivity index is 1.30. The number of pyridine rings is 1. The highest BCUT2D eigenvalue weighted by Gasteiger charge is 2.35. The molecule has 2 aliphatic rings. The third kappa shape index (κ3) is 5.38. The quantitative estimate of drug-likeness (QED) is 0.462. The van der Waals surface area contributed by atoms with Crippen molar-refractivity contribution in [3.8, 4) is 0 Å². The average molecular weight is 517 g/mol. The van der Waals surface area contributed by atoms with Gasteiger partial charge in [-0.25, -0.2) is 0 Å². The molecule has 5 rings (SSSR count). The lowest BCUT2D eigenvalue weighted by molar-refractivity contribution is 0.0905. The molecule has 1 amide bonds. The molecule has 0 bridgehead atoms. The molecule has 2 aliphatic heterocycles. The SMILES string of the molecule is COCc1cc(C2=NN=C3c4ccccc4C(OCc4ccc(C(=O)N[C@H](C)COC)cn4)=NCC23)no1. The minimum Gasteiger partial charge on any atom is -0.471 e. The van der Waals surface area contributed by atoms with Crippen molar-refractivity contribution in [2.24, 2.45) is 21.1 Å². The monoisotopic (exact) mass is 516 g/mol. The molecular weight excluding hydrogens is 488 g/mol. The van der Waals surface area contributed by atoms with E-state index in [-0.39, 0.29) is 24.5 Å². The van der Waals surface area contributed by atoms with Crippen LogP contribution in [0, 0.1) is 5.92 Å². The number of hydrogen-bond donors (Lipinski definition) is 1. The smallest absolute Gasteiger partial charge is 0.253 e. The van der Waals surface area contributed by atoms with Gasteiger partial charge in [-0.05, 0) is 25.1 Å². The summed E-state index contributed by atoms with van der Waals surface area (Å²) in [6.07, 6.45) is 1.54.